The van der Waals surface area contributed by atoms with Gasteiger partial charge in [0.15, 0.2) is 0 Å². The van der Waals surface area contributed by atoms with Gasteiger partial charge < -0.3 is 30.5 Å². The molecule has 0 spiro atoms. The fraction of sp³-hybridized carbons (Fsp3) is 0.591. The van der Waals surface area contributed by atoms with Gasteiger partial charge in [-0.25, -0.2) is 4.98 Å². The van der Waals surface area contributed by atoms with E-state index in [0.717, 1.165) is 69.7 Å². The number of primary amides is 1. The van der Waals surface area contributed by atoms with E-state index in [0.29, 0.717) is 28.8 Å². The average molecular weight is 428 g/mol. The molecule has 0 aliphatic carbocycles. The van der Waals surface area contributed by atoms with Gasteiger partial charge in [-0.05, 0) is 65.1 Å². The van der Waals surface area contributed by atoms with Crippen LogP contribution in [0.2, 0.25) is 0 Å². The van der Waals surface area contributed by atoms with Crippen LogP contribution in [-0.2, 0) is 0 Å². The zero-order valence-corrected chi connectivity index (χ0v) is 18.7. The second-order valence-corrected chi connectivity index (χ2v) is 8.67. The molecule has 9 heteroatoms. The second-order valence-electron chi connectivity index (χ2n) is 8.67. The number of ether oxygens (including phenoxy) is 1. The number of carbonyl (C=O) groups is 1. The highest BCUT2D eigenvalue weighted by Crippen LogP contribution is 2.32. The van der Waals surface area contributed by atoms with Crippen molar-refractivity contribution < 1.29 is 9.53 Å². The van der Waals surface area contributed by atoms with E-state index in [1.807, 2.05) is 6.07 Å². The van der Waals surface area contributed by atoms with Crippen molar-refractivity contribution in [2.45, 2.75) is 25.3 Å². The number of methoxy groups -OCH3 is 1. The van der Waals surface area contributed by atoms with Crippen LogP contribution in [0.5, 0.6) is 5.75 Å². The molecule has 2 aliphatic rings. The monoisotopic (exact) mass is 427 g/mol. The zero-order chi connectivity index (χ0) is 22.0. The molecule has 3 N–H and O–H groups in total. The van der Waals surface area contributed by atoms with Crippen molar-refractivity contribution in [1.29, 1.82) is 0 Å². The van der Waals surface area contributed by atoms with Crippen molar-refractivity contribution in [2.24, 2.45) is 5.73 Å². The number of fused-ring (bicyclic) bond motifs is 1. The molecule has 2 saturated heterocycles. The van der Waals surface area contributed by atoms with Gasteiger partial charge in [-0.1, -0.05) is 0 Å². The summed E-state index contributed by atoms with van der Waals surface area (Å²) < 4.78 is 5.44. The Morgan fingerprint density at radius 1 is 1.06 bits per heavy atom. The molecule has 4 rings (SSSR count). The number of nitrogens with one attached hydrogen (secondary N) is 1. The summed E-state index contributed by atoms with van der Waals surface area (Å²) in [6.07, 6.45) is 3.18. The Balaban J connectivity index is 1.76. The third-order valence-corrected chi connectivity index (χ3v) is 6.33. The van der Waals surface area contributed by atoms with Crippen molar-refractivity contribution in [1.82, 2.24) is 19.8 Å². The van der Waals surface area contributed by atoms with E-state index in [2.05, 4.69) is 34.1 Å². The van der Waals surface area contributed by atoms with Gasteiger partial charge in [0.05, 0.1) is 18.2 Å². The minimum atomic E-state index is -0.528. The van der Waals surface area contributed by atoms with Gasteiger partial charge in [-0.2, -0.15) is 4.98 Å². The molecular weight excluding hydrogens is 394 g/mol. The summed E-state index contributed by atoms with van der Waals surface area (Å²) in [6, 6.07) is 3.90. The minimum Gasteiger partial charge on any atom is -0.496 e. The van der Waals surface area contributed by atoms with Gasteiger partial charge in [0.1, 0.15) is 11.6 Å². The van der Waals surface area contributed by atoms with E-state index in [-0.39, 0.29) is 0 Å². The van der Waals surface area contributed by atoms with Crippen molar-refractivity contribution in [3.63, 3.8) is 0 Å². The van der Waals surface area contributed by atoms with Crippen LogP contribution < -0.4 is 20.7 Å². The zero-order valence-electron chi connectivity index (χ0n) is 18.7. The van der Waals surface area contributed by atoms with Crippen molar-refractivity contribution in [3.05, 3.63) is 17.7 Å². The fourth-order valence-electron chi connectivity index (χ4n) is 4.35. The number of nitrogens with zero attached hydrogens (tertiary/aromatic N) is 5. The lowest BCUT2D eigenvalue weighted by Crippen LogP contribution is -2.37. The van der Waals surface area contributed by atoms with Gasteiger partial charge in [0.25, 0.3) is 5.91 Å². The van der Waals surface area contributed by atoms with E-state index in [1.54, 1.807) is 13.2 Å². The molecule has 1 aromatic heterocycles. The standard InChI is InChI=1S/C22H33N7O2/c1-27-7-4-8-29(12-11-27)22-25-18-13-17(20(23)30)19(31-3)14-16(18)21(26-22)24-15-5-9-28(2)10-6-15/h13-15H,4-12H2,1-3H3,(H2,23,30)(H,24,25,26). The Morgan fingerprint density at radius 2 is 1.81 bits per heavy atom. The highest BCUT2D eigenvalue weighted by Gasteiger charge is 2.22. The highest BCUT2D eigenvalue weighted by molar-refractivity contribution is 6.02. The number of hydrogen-bond acceptors (Lipinski definition) is 8. The smallest absolute Gasteiger partial charge is 0.252 e. The van der Waals surface area contributed by atoms with E-state index >= 15 is 0 Å². The molecule has 0 atom stereocenters. The number of hydrogen-bond donors (Lipinski definition) is 2. The largest absolute Gasteiger partial charge is 0.496 e. The Bertz CT molecular complexity index is 943. The molecule has 0 saturated carbocycles. The summed E-state index contributed by atoms with van der Waals surface area (Å²) in [5.74, 6) is 1.40. The molecule has 2 aliphatic heterocycles. The molecule has 0 unspecified atom stereocenters. The molecule has 1 aromatic carbocycles. The number of rotatable bonds is 5. The SMILES string of the molecule is COc1cc2c(NC3CCN(C)CC3)nc(N3CCCN(C)CC3)nc2cc1C(N)=O. The molecular formula is C22H33N7O2. The lowest BCUT2D eigenvalue weighted by atomic mass is 10.0. The maximum Gasteiger partial charge on any atom is 0.252 e. The lowest BCUT2D eigenvalue weighted by molar-refractivity contribution is 0.0997. The Kier molecular flexibility index (Phi) is 6.43. The maximum atomic E-state index is 12.0. The maximum absolute atomic E-state index is 12.0. The first-order chi connectivity index (χ1) is 14.9. The van der Waals surface area contributed by atoms with Crippen LogP contribution in [0.4, 0.5) is 11.8 Å². The van der Waals surface area contributed by atoms with Gasteiger partial charge >= 0.3 is 0 Å². The number of nitrogens with two attached hydrogens (primary N) is 1. The first kappa shape index (κ1) is 21.6. The number of anilines is 2. The predicted octanol–water partition coefficient (Wildman–Crippen LogP) is 1.39. The van der Waals surface area contributed by atoms with Crippen LogP contribution in [0.25, 0.3) is 10.9 Å². The molecule has 31 heavy (non-hydrogen) atoms. The summed E-state index contributed by atoms with van der Waals surface area (Å²) >= 11 is 0. The third kappa shape index (κ3) is 4.83. The van der Waals surface area contributed by atoms with Gasteiger partial charge in [0, 0.05) is 31.1 Å². The van der Waals surface area contributed by atoms with Crippen LogP contribution in [0.1, 0.15) is 29.6 Å². The van der Waals surface area contributed by atoms with E-state index < -0.39 is 5.91 Å². The average Bonchev–Trinajstić information content (AvgIpc) is 2.98. The summed E-state index contributed by atoms with van der Waals surface area (Å²) in [5, 5.41) is 4.51. The molecule has 2 fully saturated rings. The van der Waals surface area contributed by atoms with Gasteiger partial charge in [-0.15, -0.1) is 0 Å². The number of aromatic nitrogens is 2. The summed E-state index contributed by atoms with van der Waals surface area (Å²) in [7, 11) is 5.84. The molecule has 0 radical (unpaired) electrons. The Hall–Kier alpha value is -2.65. The van der Waals surface area contributed by atoms with E-state index in [9.17, 15) is 4.79 Å². The molecule has 0 bridgehead atoms. The summed E-state index contributed by atoms with van der Waals surface area (Å²) in [6.45, 7) is 5.92. The molecule has 2 aromatic rings. The number of carbonyl (C=O) groups excluding carboxylic acids is 1. The summed E-state index contributed by atoms with van der Waals surface area (Å²) in [5.41, 5.74) is 6.64. The minimum absolute atomic E-state index is 0.334. The van der Waals surface area contributed by atoms with Crippen molar-refractivity contribution in [3.8, 4) is 5.75 Å². The van der Waals surface area contributed by atoms with Crippen LogP contribution in [0, 0.1) is 0 Å². The number of piperidine rings is 1. The Labute approximate surface area is 183 Å². The first-order valence-electron chi connectivity index (χ1n) is 11.0. The third-order valence-electron chi connectivity index (χ3n) is 6.33. The van der Waals surface area contributed by atoms with Gasteiger partial charge in [0.2, 0.25) is 5.95 Å². The number of amides is 1. The Morgan fingerprint density at radius 3 is 2.52 bits per heavy atom. The molecule has 1 amide bonds. The van der Waals surface area contributed by atoms with Crippen LogP contribution in [0.3, 0.4) is 0 Å². The van der Waals surface area contributed by atoms with Crippen molar-refractivity contribution in [2.75, 3.05) is 70.7 Å². The lowest BCUT2D eigenvalue weighted by Gasteiger charge is -2.30. The van der Waals surface area contributed by atoms with Gasteiger partial charge in [-0.3, -0.25) is 4.79 Å². The molecule has 3 heterocycles. The quantitative estimate of drug-likeness (QED) is 0.738. The number of benzene rings is 1. The van der Waals surface area contributed by atoms with E-state index in [1.165, 1.54) is 0 Å². The topological polar surface area (TPSA) is 99.8 Å². The second kappa shape index (κ2) is 9.23. The normalized spacial score (nSPS) is 19.4. The number of likely N-dealkylation sites (N-methyl/N-ethyl adjacent to an activating group) is 1. The van der Waals surface area contributed by atoms with Crippen LogP contribution in [0.15, 0.2) is 12.1 Å². The fourth-order valence-corrected chi connectivity index (χ4v) is 4.35. The molecule has 9 nitrogen and oxygen atoms in total. The number of likely N-dealkylation sites (tertiary alicyclic amines) is 1. The first-order valence-corrected chi connectivity index (χ1v) is 11.0. The molecule has 168 valence electrons. The summed E-state index contributed by atoms with van der Waals surface area (Å²) in [4.78, 5) is 28.7. The van der Waals surface area contributed by atoms with E-state index in [4.69, 9.17) is 20.4 Å². The van der Waals surface area contributed by atoms with Crippen LogP contribution in [-0.4, -0.2) is 92.2 Å². The van der Waals surface area contributed by atoms with Crippen LogP contribution >= 0.6 is 0 Å². The highest BCUT2D eigenvalue weighted by atomic mass is 16.5. The van der Waals surface area contributed by atoms with Crippen molar-refractivity contribution >= 4 is 28.6 Å². The predicted molar refractivity (Wildman–Crippen MR) is 123 cm³/mol.